The summed E-state index contributed by atoms with van der Waals surface area (Å²) < 4.78 is 4.98. The van der Waals surface area contributed by atoms with Crippen LogP contribution in [0.3, 0.4) is 0 Å². The molecule has 2 heterocycles. The maximum Gasteiger partial charge on any atom is 0.316 e. The molecule has 0 spiro atoms. The van der Waals surface area contributed by atoms with Gasteiger partial charge in [-0.1, -0.05) is 44.1 Å². The van der Waals surface area contributed by atoms with Gasteiger partial charge in [0, 0.05) is 18.7 Å². The topological polar surface area (TPSA) is 97.1 Å². The molecule has 0 aliphatic carbocycles. The van der Waals surface area contributed by atoms with E-state index in [0.717, 1.165) is 10.4 Å². The number of carbonyl (C=O) groups excluding carboxylic acids is 2. The van der Waals surface area contributed by atoms with Crippen LogP contribution in [0.2, 0.25) is 0 Å². The Morgan fingerprint density at radius 2 is 1.71 bits per heavy atom. The number of hydrogen-bond donors (Lipinski definition) is 2. The maximum absolute atomic E-state index is 12.2. The molecule has 2 amide bonds. The Morgan fingerprint density at radius 3 is 2.32 bits per heavy atom. The van der Waals surface area contributed by atoms with Crippen molar-refractivity contribution >= 4 is 23.2 Å². The zero-order valence-corrected chi connectivity index (χ0v) is 16.8. The van der Waals surface area contributed by atoms with E-state index in [2.05, 4.69) is 41.5 Å². The van der Waals surface area contributed by atoms with Crippen LogP contribution in [-0.4, -0.2) is 35.0 Å². The molecule has 0 bridgehead atoms. The van der Waals surface area contributed by atoms with Crippen molar-refractivity contribution in [2.24, 2.45) is 0 Å². The van der Waals surface area contributed by atoms with Crippen LogP contribution in [0.15, 0.2) is 46.3 Å². The standard InChI is InChI=1S/C20H22N4O3S/c1-20(2,3)14-8-6-13(7-9-14)17(25)21-10-11-22-18(26)19-23-16(24-27-19)15-5-4-12-28-15/h4-9,12H,10-11H2,1-3H3,(H,21,25)(H,22,26). The van der Waals surface area contributed by atoms with Crippen LogP contribution in [0.5, 0.6) is 0 Å². The summed E-state index contributed by atoms with van der Waals surface area (Å²) in [5.41, 5.74) is 1.78. The molecule has 3 aromatic rings. The minimum absolute atomic E-state index is 0.0391. The second-order valence-corrected chi connectivity index (χ2v) is 8.19. The monoisotopic (exact) mass is 398 g/mol. The van der Waals surface area contributed by atoms with Crippen molar-refractivity contribution in [3.05, 3.63) is 58.8 Å². The Morgan fingerprint density at radius 1 is 1.04 bits per heavy atom. The van der Waals surface area contributed by atoms with Crippen LogP contribution >= 0.6 is 11.3 Å². The molecule has 0 radical (unpaired) electrons. The number of hydrogen-bond acceptors (Lipinski definition) is 6. The van der Waals surface area contributed by atoms with Crippen LogP contribution in [-0.2, 0) is 5.41 Å². The van der Waals surface area contributed by atoms with Crippen molar-refractivity contribution in [3.8, 4) is 10.7 Å². The second-order valence-electron chi connectivity index (χ2n) is 7.24. The number of carbonyl (C=O) groups is 2. The number of amides is 2. The number of thiophene rings is 1. The Hall–Kier alpha value is -3.00. The molecule has 0 fully saturated rings. The summed E-state index contributed by atoms with van der Waals surface area (Å²) in [6.45, 7) is 6.91. The fourth-order valence-corrected chi connectivity index (χ4v) is 3.12. The summed E-state index contributed by atoms with van der Waals surface area (Å²) in [5, 5.41) is 11.1. The van der Waals surface area contributed by atoms with Crippen LogP contribution in [0, 0.1) is 0 Å². The smallest absolute Gasteiger partial charge is 0.316 e. The van der Waals surface area contributed by atoms with E-state index in [1.165, 1.54) is 11.3 Å². The quantitative estimate of drug-likeness (QED) is 0.621. The van der Waals surface area contributed by atoms with Gasteiger partial charge < -0.3 is 15.2 Å². The van der Waals surface area contributed by atoms with E-state index < -0.39 is 5.91 Å². The fourth-order valence-electron chi connectivity index (χ4n) is 2.47. The molecule has 0 unspecified atom stereocenters. The lowest BCUT2D eigenvalue weighted by molar-refractivity contribution is 0.0898. The molecule has 0 saturated carbocycles. The molecule has 8 heteroatoms. The number of nitrogens with one attached hydrogen (secondary N) is 2. The van der Waals surface area contributed by atoms with Crippen molar-refractivity contribution in [1.29, 1.82) is 0 Å². The van der Waals surface area contributed by atoms with Gasteiger partial charge in [0.15, 0.2) is 0 Å². The Bertz CT molecular complexity index is 941. The van der Waals surface area contributed by atoms with E-state index in [0.29, 0.717) is 11.4 Å². The van der Waals surface area contributed by atoms with E-state index in [4.69, 9.17) is 4.52 Å². The average molecular weight is 398 g/mol. The van der Waals surface area contributed by atoms with Gasteiger partial charge in [-0.2, -0.15) is 4.98 Å². The van der Waals surface area contributed by atoms with Crippen LogP contribution in [0.25, 0.3) is 10.7 Å². The predicted molar refractivity (Wildman–Crippen MR) is 107 cm³/mol. The minimum Gasteiger partial charge on any atom is -0.350 e. The predicted octanol–water partition coefficient (Wildman–Crippen LogP) is 3.26. The van der Waals surface area contributed by atoms with Gasteiger partial charge in [0.1, 0.15) is 0 Å². The molecule has 0 saturated heterocycles. The number of nitrogens with zero attached hydrogens (tertiary/aromatic N) is 2. The van der Waals surface area contributed by atoms with E-state index >= 15 is 0 Å². The summed E-state index contributed by atoms with van der Waals surface area (Å²) in [6, 6.07) is 11.2. The van der Waals surface area contributed by atoms with Crippen molar-refractivity contribution in [2.75, 3.05) is 13.1 Å². The first-order valence-electron chi connectivity index (χ1n) is 8.89. The third-order valence-electron chi connectivity index (χ3n) is 4.07. The summed E-state index contributed by atoms with van der Waals surface area (Å²) in [6.07, 6.45) is 0. The normalized spacial score (nSPS) is 11.2. The van der Waals surface area contributed by atoms with E-state index in [1.807, 2.05) is 29.6 Å². The SMILES string of the molecule is CC(C)(C)c1ccc(C(=O)NCCNC(=O)c2nc(-c3cccs3)no2)cc1. The van der Waals surface area contributed by atoms with E-state index in [9.17, 15) is 9.59 Å². The van der Waals surface area contributed by atoms with Crippen LogP contribution in [0.1, 0.15) is 47.4 Å². The minimum atomic E-state index is -0.473. The van der Waals surface area contributed by atoms with Gasteiger partial charge >= 0.3 is 11.8 Å². The van der Waals surface area contributed by atoms with Crippen molar-refractivity contribution < 1.29 is 14.1 Å². The van der Waals surface area contributed by atoms with Gasteiger partial charge in [0.25, 0.3) is 5.91 Å². The second kappa shape index (κ2) is 8.35. The molecule has 146 valence electrons. The summed E-state index contributed by atoms with van der Waals surface area (Å²) in [7, 11) is 0. The summed E-state index contributed by atoms with van der Waals surface area (Å²) >= 11 is 1.46. The molecular formula is C20H22N4O3S. The first-order chi connectivity index (χ1) is 13.3. The molecule has 28 heavy (non-hydrogen) atoms. The van der Waals surface area contributed by atoms with Crippen molar-refractivity contribution in [1.82, 2.24) is 20.8 Å². The molecule has 0 aliphatic rings. The Kier molecular flexibility index (Phi) is 5.89. The highest BCUT2D eigenvalue weighted by molar-refractivity contribution is 7.13. The molecule has 0 aliphatic heterocycles. The molecule has 2 N–H and O–H groups in total. The molecule has 7 nitrogen and oxygen atoms in total. The maximum atomic E-state index is 12.2. The Labute approximate surface area is 167 Å². The zero-order valence-electron chi connectivity index (χ0n) is 16.0. The van der Waals surface area contributed by atoms with Gasteiger partial charge in [-0.25, -0.2) is 0 Å². The zero-order chi connectivity index (χ0) is 20.1. The van der Waals surface area contributed by atoms with Gasteiger partial charge in [0.2, 0.25) is 5.82 Å². The lowest BCUT2D eigenvalue weighted by Crippen LogP contribution is -2.34. The highest BCUT2D eigenvalue weighted by Crippen LogP contribution is 2.22. The third kappa shape index (κ3) is 4.83. The lowest BCUT2D eigenvalue weighted by atomic mass is 9.87. The third-order valence-corrected chi connectivity index (χ3v) is 4.94. The van der Waals surface area contributed by atoms with Gasteiger partial charge in [-0.15, -0.1) is 11.3 Å². The average Bonchev–Trinajstić information content (AvgIpc) is 3.35. The Balaban J connectivity index is 1.45. The fraction of sp³-hybridized carbons (Fsp3) is 0.300. The van der Waals surface area contributed by atoms with Crippen LogP contribution in [0.4, 0.5) is 0 Å². The van der Waals surface area contributed by atoms with Gasteiger partial charge in [-0.3, -0.25) is 9.59 Å². The highest BCUT2D eigenvalue weighted by Gasteiger charge is 2.17. The van der Waals surface area contributed by atoms with Gasteiger partial charge in [0.05, 0.1) is 4.88 Å². The van der Waals surface area contributed by atoms with Crippen LogP contribution < -0.4 is 10.6 Å². The molecule has 0 atom stereocenters. The first-order valence-corrected chi connectivity index (χ1v) is 9.77. The van der Waals surface area contributed by atoms with E-state index in [-0.39, 0.29) is 30.3 Å². The largest absolute Gasteiger partial charge is 0.350 e. The number of aromatic nitrogens is 2. The summed E-state index contributed by atoms with van der Waals surface area (Å²) in [5.74, 6) is -0.383. The lowest BCUT2D eigenvalue weighted by Gasteiger charge is -2.19. The first kappa shape index (κ1) is 19.8. The molecule has 2 aromatic heterocycles. The van der Waals surface area contributed by atoms with Crippen molar-refractivity contribution in [3.63, 3.8) is 0 Å². The van der Waals surface area contributed by atoms with Gasteiger partial charge in [-0.05, 0) is 34.6 Å². The number of rotatable bonds is 6. The molecule has 3 rings (SSSR count). The molecular weight excluding hydrogens is 376 g/mol. The number of benzene rings is 1. The van der Waals surface area contributed by atoms with Crippen molar-refractivity contribution in [2.45, 2.75) is 26.2 Å². The summed E-state index contributed by atoms with van der Waals surface area (Å²) in [4.78, 5) is 29.2. The van der Waals surface area contributed by atoms with E-state index in [1.54, 1.807) is 12.1 Å². The molecule has 1 aromatic carbocycles. The highest BCUT2D eigenvalue weighted by atomic mass is 32.1.